The van der Waals surface area contributed by atoms with Crippen molar-refractivity contribution in [2.24, 2.45) is 5.73 Å². The van der Waals surface area contributed by atoms with Crippen LogP contribution in [0.1, 0.15) is 48.0 Å². The second-order valence-electron chi connectivity index (χ2n) is 5.57. The van der Waals surface area contributed by atoms with Crippen molar-refractivity contribution in [2.75, 3.05) is 12.4 Å². The van der Waals surface area contributed by atoms with Gasteiger partial charge < -0.3 is 20.8 Å². The Morgan fingerprint density at radius 3 is 2.36 bits per heavy atom. The lowest BCUT2D eigenvalue weighted by molar-refractivity contribution is 0.0599. The Morgan fingerprint density at radius 2 is 1.80 bits per heavy atom. The lowest BCUT2D eigenvalue weighted by Gasteiger charge is -2.10. The van der Waals surface area contributed by atoms with Crippen LogP contribution in [0.3, 0.4) is 0 Å². The van der Waals surface area contributed by atoms with Crippen LogP contribution in [0.15, 0.2) is 12.1 Å². The fraction of sp³-hybridized carbons (Fsp3) is 0.235. The number of benzene rings is 1. The Kier molecular flexibility index (Phi) is 4.92. The predicted octanol–water partition coefficient (Wildman–Crippen LogP) is 2.22. The topological polar surface area (TPSA) is 114 Å². The Balaban J connectivity index is 2.42. The lowest BCUT2D eigenvalue weighted by Crippen LogP contribution is -2.17. The zero-order valence-electron chi connectivity index (χ0n) is 14.2. The van der Waals surface area contributed by atoms with Gasteiger partial charge in [-0.2, -0.15) is 0 Å². The molecule has 0 aliphatic rings. The Morgan fingerprint density at radius 1 is 1.16 bits per heavy atom. The summed E-state index contributed by atoms with van der Waals surface area (Å²) in [5, 5.41) is 2.53. The molecule has 1 aromatic carbocycles. The molecular formula is C17H18FN3O4. The zero-order valence-corrected chi connectivity index (χ0v) is 14.2. The third-order valence-electron chi connectivity index (χ3n) is 3.93. The molecule has 7 nitrogen and oxygen atoms in total. The third kappa shape index (κ3) is 3.37. The Hall–Kier alpha value is -3.16. The molecule has 0 saturated heterocycles. The summed E-state index contributed by atoms with van der Waals surface area (Å²) in [5.74, 6) is -2.63. The van der Waals surface area contributed by atoms with Gasteiger partial charge in [-0.15, -0.1) is 0 Å². The first-order valence-corrected chi connectivity index (χ1v) is 7.36. The van der Waals surface area contributed by atoms with Gasteiger partial charge in [-0.25, -0.2) is 9.18 Å². The number of aromatic amines is 1. The van der Waals surface area contributed by atoms with Crippen molar-refractivity contribution in [3.8, 4) is 0 Å². The van der Waals surface area contributed by atoms with E-state index in [-0.39, 0.29) is 28.1 Å². The van der Waals surface area contributed by atoms with E-state index in [2.05, 4.69) is 10.3 Å². The summed E-state index contributed by atoms with van der Waals surface area (Å²) in [6, 6.07) is 2.30. The minimum absolute atomic E-state index is 0.0620. The van der Waals surface area contributed by atoms with Crippen molar-refractivity contribution < 1.29 is 23.5 Å². The number of halogens is 1. The van der Waals surface area contributed by atoms with Crippen LogP contribution in [0.2, 0.25) is 0 Å². The van der Waals surface area contributed by atoms with Crippen LogP contribution in [0, 0.1) is 26.6 Å². The second kappa shape index (κ2) is 6.76. The van der Waals surface area contributed by atoms with E-state index in [0.717, 1.165) is 6.07 Å². The number of methoxy groups -OCH3 is 1. The molecule has 2 rings (SSSR count). The number of primary amides is 1. The smallest absolute Gasteiger partial charge is 0.339 e. The maximum Gasteiger partial charge on any atom is 0.339 e. The van der Waals surface area contributed by atoms with E-state index in [9.17, 15) is 18.8 Å². The van der Waals surface area contributed by atoms with Gasteiger partial charge in [0.15, 0.2) is 0 Å². The number of aryl methyl sites for hydroxylation is 1. The van der Waals surface area contributed by atoms with Crippen LogP contribution >= 0.6 is 0 Å². The molecule has 2 amide bonds. The Labute approximate surface area is 143 Å². The average molecular weight is 347 g/mol. The first-order chi connectivity index (χ1) is 11.7. The average Bonchev–Trinajstić information content (AvgIpc) is 2.85. The molecule has 0 aliphatic carbocycles. The molecular weight excluding hydrogens is 329 g/mol. The van der Waals surface area contributed by atoms with Crippen LogP contribution in [0.4, 0.5) is 10.1 Å². The van der Waals surface area contributed by atoms with Crippen molar-refractivity contribution in [1.29, 1.82) is 0 Å². The summed E-state index contributed by atoms with van der Waals surface area (Å²) in [6.45, 7) is 4.69. The minimum atomic E-state index is -0.811. The lowest BCUT2D eigenvalue weighted by atomic mass is 10.1. The van der Waals surface area contributed by atoms with Crippen LogP contribution in [0.5, 0.6) is 0 Å². The van der Waals surface area contributed by atoms with E-state index < -0.39 is 23.6 Å². The number of hydrogen-bond acceptors (Lipinski definition) is 4. The zero-order chi connectivity index (χ0) is 18.9. The molecule has 8 heteroatoms. The number of carbonyl (C=O) groups is 3. The van der Waals surface area contributed by atoms with Crippen molar-refractivity contribution >= 4 is 23.5 Å². The first kappa shape index (κ1) is 18.2. The maximum atomic E-state index is 13.9. The van der Waals surface area contributed by atoms with Crippen LogP contribution in [-0.4, -0.2) is 29.9 Å². The molecule has 1 heterocycles. The molecule has 0 atom stereocenters. The summed E-state index contributed by atoms with van der Waals surface area (Å²) >= 11 is 0. The number of carbonyl (C=O) groups excluding carboxylic acids is 3. The van der Waals surface area contributed by atoms with E-state index >= 15 is 0 Å². The quantitative estimate of drug-likeness (QED) is 0.736. The van der Waals surface area contributed by atoms with Gasteiger partial charge in [0.05, 0.1) is 12.7 Å². The number of H-pyrrole nitrogens is 1. The number of esters is 1. The highest BCUT2D eigenvalue weighted by Gasteiger charge is 2.23. The largest absolute Gasteiger partial charge is 0.465 e. The van der Waals surface area contributed by atoms with Crippen LogP contribution < -0.4 is 11.1 Å². The number of nitrogens with one attached hydrogen (secondary N) is 2. The van der Waals surface area contributed by atoms with Gasteiger partial charge >= 0.3 is 5.97 Å². The molecule has 1 aromatic heterocycles. The molecule has 132 valence electrons. The van der Waals surface area contributed by atoms with Crippen molar-refractivity contribution in [3.05, 3.63) is 51.6 Å². The third-order valence-corrected chi connectivity index (χ3v) is 3.93. The number of rotatable bonds is 4. The van der Waals surface area contributed by atoms with Gasteiger partial charge in [0.25, 0.3) is 5.91 Å². The first-order valence-electron chi connectivity index (χ1n) is 7.36. The molecule has 0 spiro atoms. The highest BCUT2D eigenvalue weighted by atomic mass is 19.1. The van der Waals surface area contributed by atoms with E-state index in [1.54, 1.807) is 13.8 Å². The van der Waals surface area contributed by atoms with E-state index in [1.807, 2.05) is 0 Å². The highest BCUT2D eigenvalue weighted by Crippen LogP contribution is 2.23. The Bertz CT molecular complexity index is 887. The number of aromatic nitrogens is 1. The fourth-order valence-corrected chi connectivity index (χ4v) is 2.52. The van der Waals surface area contributed by atoms with Gasteiger partial charge in [-0.1, -0.05) is 0 Å². The molecule has 25 heavy (non-hydrogen) atoms. The summed E-state index contributed by atoms with van der Waals surface area (Å²) in [7, 11) is 1.25. The van der Waals surface area contributed by atoms with E-state index in [0.29, 0.717) is 11.3 Å². The SMILES string of the molecule is COC(=O)c1c(C)[nH]c(C(=O)Nc2cc(C(N)=O)cc(F)c2C)c1C. The van der Waals surface area contributed by atoms with E-state index in [1.165, 1.54) is 20.1 Å². The van der Waals surface area contributed by atoms with Gasteiger partial charge in [0, 0.05) is 22.5 Å². The number of hydrogen-bond donors (Lipinski definition) is 3. The summed E-state index contributed by atoms with van der Waals surface area (Å²) in [4.78, 5) is 38.4. The molecule has 0 saturated carbocycles. The second-order valence-corrected chi connectivity index (χ2v) is 5.57. The fourth-order valence-electron chi connectivity index (χ4n) is 2.52. The summed E-state index contributed by atoms with van der Waals surface area (Å²) < 4.78 is 18.6. The standard InChI is InChI=1S/C17H18FN3O4/c1-7-11(18)5-10(15(19)22)6-12(7)21-16(23)14-8(2)13(9(3)20-14)17(24)25-4/h5-6,20H,1-4H3,(H2,19,22)(H,21,23). The monoisotopic (exact) mass is 347 g/mol. The minimum Gasteiger partial charge on any atom is -0.465 e. The molecule has 0 radical (unpaired) electrons. The van der Waals surface area contributed by atoms with Gasteiger partial charge in [-0.05, 0) is 38.5 Å². The van der Waals surface area contributed by atoms with Crippen LogP contribution in [-0.2, 0) is 4.74 Å². The summed E-state index contributed by atoms with van der Waals surface area (Å²) in [6.07, 6.45) is 0. The number of nitrogens with two attached hydrogens (primary N) is 1. The molecule has 0 unspecified atom stereocenters. The van der Waals surface area contributed by atoms with Crippen LogP contribution in [0.25, 0.3) is 0 Å². The van der Waals surface area contributed by atoms with Crippen molar-refractivity contribution in [1.82, 2.24) is 4.98 Å². The molecule has 0 aliphatic heterocycles. The maximum absolute atomic E-state index is 13.9. The molecule has 0 bridgehead atoms. The highest BCUT2D eigenvalue weighted by molar-refractivity contribution is 6.07. The molecule has 0 fully saturated rings. The van der Waals surface area contributed by atoms with Gasteiger partial charge in [0.1, 0.15) is 11.5 Å². The normalized spacial score (nSPS) is 10.4. The summed E-state index contributed by atoms with van der Waals surface area (Å²) in [5.41, 5.74) is 6.67. The number of ether oxygens (including phenoxy) is 1. The van der Waals surface area contributed by atoms with Crippen molar-refractivity contribution in [3.63, 3.8) is 0 Å². The van der Waals surface area contributed by atoms with Crippen molar-refractivity contribution in [2.45, 2.75) is 20.8 Å². The predicted molar refractivity (Wildman–Crippen MR) is 89.2 cm³/mol. The van der Waals surface area contributed by atoms with E-state index in [4.69, 9.17) is 10.5 Å². The number of amides is 2. The van der Waals surface area contributed by atoms with Gasteiger partial charge in [-0.3, -0.25) is 9.59 Å². The molecule has 4 N–H and O–H groups in total. The molecule has 2 aromatic rings. The number of anilines is 1. The van der Waals surface area contributed by atoms with Gasteiger partial charge in [0.2, 0.25) is 5.91 Å².